The fourth-order valence-electron chi connectivity index (χ4n) is 2.29. The maximum absolute atomic E-state index is 12.9. The Morgan fingerprint density at radius 3 is 2.78 bits per heavy atom. The monoisotopic (exact) mass is 343 g/mol. The first kappa shape index (κ1) is 15.6. The summed E-state index contributed by atoms with van der Waals surface area (Å²) >= 11 is 6.10. The van der Waals surface area contributed by atoms with Crippen molar-refractivity contribution in [2.45, 2.75) is 32.0 Å². The average Bonchev–Trinajstić information content (AvgIpc) is 3.23. The second kappa shape index (κ2) is 6.07. The number of rotatable bonds is 6. The molecule has 2 heterocycles. The molecule has 122 valence electrons. The summed E-state index contributed by atoms with van der Waals surface area (Å²) in [5.41, 5.74) is -0.219. The minimum absolute atomic E-state index is 0.104. The molecular weight excluding hydrogens is 332 g/mol. The number of halogens is 3. The number of pyridine rings is 1. The second-order valence-electron chi connectivity index (χ2n) is 5.14. The van der Waals surface area contributed by atoms with Crippen LogP contribution in [0.1, 0.15) is 25.2 Å². The van der Waals surface area contributed by atoms with Crippen LogP contribution in [0.25, 0.3) is 0 Å². The van der Waals surface area contributed by atoms with Crippen molar-refractivity contribution in [3.8, 4) is 0 Å². The van der Waals surface area contributed by atoms with Crippen LogP contribution in [-0.2, 0) is 6.54 Å². The zero-order valence-electron chi connectivity index (χ0n) is 11.8. The standard InChI is InChI=1S/C13H12ClF2N5O2/c14-10-5-9(21(22)23)6-18-12(10)20(8-1-2-8)7-11-17-3-4-19(11)13(15)16/h3-6,8,13H,1-2,7H2. The fourth-order valence-corrected chi connectivity index (χ4v) is 2.56. The molecule has 0 aliphatic heterocycles. The predicted molar refractivity (Wildman–Crippen MR) is 78.6 cm³/mol. The third kappa shape index (κ3) is 3.24. The molecule has 10 heteroatoms. The molecule has 0 bridgehead atoms. The van der Waals surface area contributed by atoms with Gasteiger partial charge >= 0.3 is 6.55 Å². The molecule has 2 aromatic heterocycles. The van der Waals surface area contributed by atoms with Crippen LogP contribution in [0, 0.1) is 10.1 Å². The number of nitro groups is 1. The van der Waals surface area contributed by atoms with Crippen LogP contribution in [0.15, 0.2) is 24.7 Å². The summed E-state index contributed by atoms with van der Waals surface area (Å²) in [7, 11) is 0. The van der Waals surface area contributed by atoms with Crippen molar-refractivity contribution in [2.75, 3.05) is 4.90 Å². The van der Waals surface area contributed by atoms with E-state index in [9.17, 15) is 18.9 Å². The minimum atomic E-state index is -2.69. The van der Waals surface area contributed by atoms with E-state index in [2.05, 4.69) is 9.97 Å². The van der Waals surface area contributed by atoms with Crippen LogP contribution >= 0.6 is 11.6 Å². The summed E-state index contributed by atoms with van der Waals surface area (Å²) in [5.74, 6) is 0.520. The first-order valence-corrected chi connectivity index (χ1v) is 7.21. The van der Waals surface area contributed by atoms with Crippen LogP contribution in [0.5, 0.6) is 0 Å². The van der Waals surface area contributed by atoms with Crippen molar-refractivity contribution < 1.29 is 13.7 Å². The van der Waals surface area contributed by atoms with Gasteiger partial charge in [-0.1, -0.05) is 11.6 Å². The smallest absolute Gasteiger partial charge is 0.319 e. The number of aromatic nitrogens is 3. The second-order valence-corrected chi connectivity index (χ2v) is 5.55. The lowest BCUT2D eigenvalue weighted by atomic mass is 10.3. The minimum Gasteiger partial charge on any atom is -0.345 e. The maximum Gasteiger partial charge on any atom is 0.319 e. The third-order valence-corrected chi connectivity index (χ3v) is 3.83. The molecular formula is C13H12ClF2N5O2. The van der Waals surface area contributed by atoms with Gasteiger partial charge in [0.15, 0.2) is 0 Å². The number of imidazole rings is 1. The summed E-state index contributed by atoms with van der Waals surface area (Å²) in [4.78, 5) is 19.9. The Kier molecular flexibility index (Phi) is 4.12. The third-order valence-electron chi connectivity index (χ3n) is 3.55. The largest absolute Gasteiger partial charge is 0.345 e. The summed E-state index contributed by atoms with van der Waals surface area (Å²) in [6.45, 7) is -2.58. The number of alkyl halides is 2. The van der Waals surface area contributed by atoms with Crippen LogP contribution < -0.4 is 4.90 Å². The molecule has 23 heavy (non-hydrogen) atoms. The Labute approximate surface area is 134 Å². The molecule has 2 aromatic rings. The molecule has 0 spiro atoms. The molecule has 0 atom stereocenters. The van der Waals surface area contributed by atoms with E-state index in [1.54, 1.807) is 4.90 Å². The number of hydrogen-bond donors (Lipinski definition) is 0. The van der Waals surface area contributed by atoms with Gasteiger partial charge in [-0.05, 0) is 12.8 Å². The fraction of sp³-hybridized carbons (Fsp3) is 0.385. The SMILES string of the molecule is O=[N+]([O-])c1cnc(N(Cc2nccn2C(F)F)C2CC2)c(Cl)c1. The molecule has 0 saturated heterocycles. The normalized spacial score (nSPS) is 14.3. The summed E-state index contributed by atoms with van der Waals surface area (Å²) in [5, 5.41) is 10.9. The van der Waals surface area contributed by atoms with E-state index in [0.29, 0.717) is 5.82 Å². The predicted octanol–water partition coefficient (Wildman–Crippen LogP) is 3.40. The van der Waals surface area contributed by atoms with Gasteiger partial charge in [-0.25, -0.2) is 9.97 Å². The Bertz CT molecular complexity index is 735. The van der Waals surface area contributed by atoms with Crippen LogP contribution in [0.4, 0.5) is 20.3 Å². The molecule has 1 aliphatic rings. The van der Waals surface area contributed by atoms with Gasteiger partial charge in [-0.2, -0.15) is 8.78 Å². The van der Waals surface area contributed by atoms with Crippen molar-refractivity contribution in [1.82, 2.24) is 14.5 Å². The topological polar surface area (TPSA) is 77.1 Å². The molecule has 0 unspecified atom stereocenters. The first-order chi connectivity index (χ1) is 11.0. The zero-order valence-corrected chi connectivity index (χ0v) is 12.5. The van der Waals surface area contributed by atoms with Gasteiger partial charge in [0.1, 0.15) is 17.8 Å². The van der Waals surface area contributed by atoms with Gasteiger partial charge in [-0.3, -0.25) is 14.7 Å². The highest BCUT2D eigenvalue weighted by Crippen LogP contribution is 2.36. The van der Waals surface area contributed by atoms with Gasteiger partial charge in [0, 0.05) is 24.5 Å². The van der Waals surface area contributed by atoms with Crippen LogP contribution in [0.2, 0.25) is 5.02 Å². The van der Waals surface area contributed by atoms with Gasteiger partial charge in [0.25, 0.3) is 5.69 Å². The van der Waals surface area contributed by atoms with E-state index in [0.717, 1.165) is 23.6 Å². The lowest BCUT2D eigenvalue weighted by molar-refractivity contribution is -0.385. The van der Waals surface area contributed by atoms with Gasteiger partial charge in [0.05, 0.1) is 16.5 Å². The summed E-state index contributed by atoms with van der Waals surface area (Å²) in [6.07, 6.45) is 5.37. The van der Waals surface area contributed by atoms with Gasteiger partial charge < -0.3 is 4.90 Å². The van der Waals surface area contributed by atoms with E-state index >= 15 is 0 Å². The number of anilines is 1. The Morgan fingerprint density at radius 1 is 1.48 bits per heavy atom. The van der Waals surface area contributed by atoms with E-state index in [4.69, 9.17) is 11.6 Å². The highest BCUT2D eigenvalue weighted by atomic mass is 35.5. The first-order valence-electron chi connectivity index (χ1n) is 6.84. The van der Waals surface area contributed by atoms with Gasteiger partial charge in [-0.15, -0.1) is 0 Å². The van der Waals surface area contributed by atoms with E-state index in [1.165, 1.54) is 18.5 Å². The molecule has 0 amide bonds. The molecule has 1 aliphatic carbocycles. The summed E-state index contributed by atoms with van der Waals surface area (Å²) < 4.78 is 26.7. The molecule has 1 saturated carbocycles. The molecule has 0 N–H and O–H groups in total. The average molecular weight is 344 g/mol. The Balaban J connectivity index is 1.90. The van der Waals surface area contributed by atoms with Crippen molar-refractivity contribution >= 4 is 23.1 Å². The molecule has 0 aromatic carbocycles. The van der Waals surface area contributed by atoms with Crippen LogP contribution in [0.3, 0.4) is 0 Å². The molecule has 0 radical (unpaired) electrons. The maximum atomic E-state index is 12.9. The van der Waals surface area contributed by atoms with Crippen LogP contribution in [-0.4, -0.2) is 25.5 Å². The van der Waals surface area contributed by atoms with Crippen molar-refractivity contribution in [2.24, 2.45) is 0 Å². The highest BCUT2D eigenvalue weighted by Gasteiger charge is 2.33. The Morgan fingerprint density at radius 2 is 2.22 bits per heavy atom. The van der Waals surface area contributed by atoms with E-state index < -0.39 is 11.5 Å². The number of nitrogens with zero attached hydrogens (tertiary/aromatic N) is 5. The van der Waals surface area contributed by atoms with Crippen molar-refractivity contribution in [3.05, 3.63) is 45.6 Å². The zero-order chi connectivity index (χ0) is 16.6. The highest BCUT2D eigenvalue weighted by molar-refractivity contribution is 6.33. The lowest BCUT2D eigenvalue weighted by Crippen LogP contribution is -2.28. The molecule has 3 rings (SSSR count). The summed E-state index contributed by atoms with van der Waals surface area (Å²) in [6, 6.07) is 1.32. The number of hydrogen-bond acceptors (Lipinski definition) is 5. The van der Waals surface area contributed by atoms with Crippen molar-refractivity contribution in [1.29, 1.82) is 0 Å². The van der Waals surface area contributed by atoms with E-state index in [-0.39, 0.29) is 29.1 Å². The molecule has 1 fully saturated rings. The van der Waals surface area contributed by atoms with E-state index in [1.807, 2.05) is 0 Å². The van der Waals surface area contributed by atoms with Gasteiger partial charge in [0.2, 0.25) is 0 Å². The quantitative estimate of drug-likeness (QED) is 0.593. The lowest BCUT2D eigenvalue weighted by Gasteiger charge is -2.24. The van der Waals surface area contributed by atoms with Crippen molar-refractivity contribution in [3.63, 3.8) is 0 Å². The molecule has 7 nitrogen and oxygen atoms in total. The Hall–Kier alpha value is -2.29.